The van der Waals surface area contributed by atoms with E-state index in [-0.39, 0.29) is 42.7 Å². The Hall–Kier alpha value is -5.56. The minimum atomic E-state index is -1.91. The van der Waals surface area contributed by atoms with Crippen LogP contribution in [0, 0.1) is 0 Å². The number of carbonyl (C=O) groups is 4. The number of nitrogens with zero attached hydrogens (tertiary/aromatic N) is 2. The normalized spacial score (nSPS) is 17.0. The number of hydrogen-bond donors (Lipinski definition) is 3. The fourth-order valence-corrected chi connectivity index (χ4v) is 5.63. The van der Waals surface area contributed by atoms with Crippen molar-refractivity contribution < 1.29 is 33.4 Å². The molecule has 2 aromatic carbocycles. The maximum atomic E-state index is 13.7. The summed E-state index contributed by atoms with van der Waals surface area (Å²) in [6.07, 6.45) is -1.45. The van der Waals surface area contributed by atoms with Crippen LogP contribution in [0.25, 0.3) is 22.3 Å². The molecule has 2 aliphatic heterocycles. The zero-order valence-corrected chi connectivity index (χ0v) is 24.2. The fourth-order valence-electron chi connectivity index (χ4n) is 5.63. The fraction of sp³-hybridized carbons (Fsp3) is 0.250. The molecule has 2 aromatic heterocycles. The van der Waals surface area contributed by atoms with E-state index in [2.05, 4.69) is 5.32 Å². The van der Waals surface area contributed by atoms with E-state index >= 15 is 0 Å². The number of hydrogen-bond acceptors (Lipinski definition) is 10. The first kappa shape index (κ1) is 29.5. The Morgan fingerprint density at radius 3 is 2.60 bits per heavy atom. The van der Waals surface area contributed by atoms with Crippen molar-refractivity contribution in [2.24, 2.45) is 11.5 Å². The summed E-state index contributed by atoms with van der Waals surface area (Å²) in [4.78, 5) is 67.8. The van der Waals surface area contributed by atoms with Gasteiger partial charge in [0.05, 0.1) is 41.5 Å². The van der Waals surface area contributed by atoms with Gasteiger partial charge >= 0.3 is 12.1 Å². The summed E-state index contributed by atoms with van der Waals surface area (Å²) in [5.41, 5.74) is 12.7. The van der Waals surface area contributed by atoms with Crippen molar-refractivity contribution in [3.8, 4) is 11.4 Å². The highest BCUT2D eigenvalue weighted by Crippen LogP contribution is 2.41. The van der Waals surface area contributed by atoms with Gasteiger partial charge in [-0.2, -0.15) is 0 Å². The Labute approximate surface area is 256 Å². The van der Waals surface area contributed by atoms with Crippen LogP contribution in [-0.4, -0.2) is 39.5 Å². The monoisotopic (exact) mass is 611 g/mol. The molecule has 13 nitrogen and oxygen atoms in total. The number of cyclic esters (lactones) is 1. The molecule has 2 atom stereocenters. The third-order valence-electron chi connectivity index (χ3n) is 7.98. The van der Waals surface area contributed by atoms with Gasteiger partial charge < -0.3 is 35.6 Å². The molecule has 4 aromatic rings. The molecule has 6 rings (SSSR count). The van der Waals surface area contributed by atoms with Crippen molar-refractivity contribution in [3.05, 3.63) is 93.3 Å². The van der Waals surface area contributed by atoms with Gasteiger partial charge in [-0.1, -0.05) is 37.3 Å². The summed E-state index contributed by atoms with van der Waals surface area (Å²) in [6, 6.07) is 16.5. The third-order valence-corrected chi connectivity index (χ3v) is 7.98. The summed E-state index contributed by atoms with van der Waals surface area (Å²) >= 11 is 0. The number of fused-ring (bicyclic) bond motifs is 5. The molecule has 45 heavy (non-hydrogen) atoms. The first-order chi connectivity index (χ1) is 21.6. The lowest BCUT2D eigenvalue weighted by Gasteiger charge is -2.35. The molecule has 0 spiro atoms. The van der Waals surface area contributed by atoms with Crippen LogP contribution in [-0.2, 0) is 54.0 Å². The summed E-state index contributed by atoms with van der Waals surface area (Å²) in [5, 5.41) is 3.51. The SMILES string of the molecule is CC[C@@]1(OC(=O)OCc2ccc(NC(=O)[C@H](N)CC(N)=O)cc2)C(=O)OCc2c1cc1n(c2=O)Cc2cc3ccccc3nc2-1. The molecule has 0 radical (unpaired) electrons. The van der Waals surface area contributed by atoms with Crippen LogP contribution in [0.15, 0.2) is 65.5 Å². The standard InChI is InChI=1S/C32H29N5O8/c1-2-32(45-31(42)44-15-17-7-9-20(10-8-17)35-28(39)23(33)13-26(34)38)22-12-25-27-19(11-18-5-3-4-6-24(18)36-27)14-37(25)29(40)21(22)16-43-30(32)41/h3-12,23H,2,13-16,33H2,1H3,(H2,34,38)(H,35,39)/t23-,32+/m1/s1. The highest BCUT2D eigenvalue weighted by atomic mass is 16.7. The average molecular weight is 612 g/mol. The van der Waals surface area contributed by atoms with E-state index in [9.17, 15) is 24.0 Å². The second-order valence-electron chi connectivity index (χ2n) is 10.9. The summed E-state index contributed by atoms with van der Waals surface area (Å²) in [7, 11) is 0. The minimum absolute atomic E-state index is 0.0128. The van der Waals surface area contributed by atoms with E-state index in [4.69, 9.17) is 30.7 Å². The molecule has 0 fully saturated rings. The molecule has 5 N–H and O–H groups in total. The predicted molar refractivity (Wildman–Crippen MR) is 160 cm³/mol. The molecule has 4 heterocycles. The average Bonchev–Trinajstić information content (AvgIpc) is 3.38. The number of rotatable bonds is 8. The molecule has 0 unspecified atom stereocenters. The molecular formula is C32H29N5O8. The van der Waals surface area contributed by atoms with Crippen LogP contribution in [0.1, 0.15) is 42.0 Å². The number of carbonyl (C=O) groups excluding carboxylic acids is 4. The number of nitrogens with one attached hydrogen (secondary N) is 1. The zero-order chi connectivity index (χ0) is 31.9. The number of benzene rings is 2. The van der Waals surface area contributed by atoms with E-state index < -0.39 is 35.6 Å². The van der Waals surface area contributed by atoms with Gasteiger partial charge in [0.2, 0.25) is 17.4 Å². The quantitative estimate of drug-likeness (QED) is 0.219. The highest BCUT2D eigenvalue weighted by Gasteiger charge is 2.51. The largest absolute Gasteiger partial charge is 0.510 e. The number of para-hydroxylation sites is 1. The first-order valence-electron chi connectivity index (χ1n) is 14.2. The second kappa shape index (κ2) is 11.5. The predicted octanol–water partition coefficient (Wildman–Crippen LogP) is 2.58. The van der Waals surface area contributed by atoms with Crippen molar-refractivity contribution >= 4 is 40.5 Å². The molecule has 0 bridgehead atoms. The smallest absolute Gasteiger partial charge is 0.457 e. The topological polar surface area (TPSA) is 195 Å². The van der Waals surface area contributed by atoms with Crippen molar-refractivity contribution in [1.29, 1.82) is 0 Å². The number of aromatic nitrogens is 2. The van der Waals surface area contributed by atoms with Crippen LogP contribution in [0.2, 0.25) is 0 Å². The Kier molecular flexibility index (Phi) is 7.54. The lowest BCUT2D eigenvalue weighted by molar-refractivity contribution is -0.175. The Morgan fingerprint density at radius 1 is 1.11 bits per heavy atom. The number of ether oxygens (including phenoxy) is 3. The van der Waals surface area contributed by atoms with Gasteiger partial charge in [0.25, 0.3) is 5.56 Å². The first-order valence-corrected chi connectivity index (χ1v) is 14.2. The number of anilines is 1. The van der Waals surface area contributed by atoms with Crippen LogP contribution < -0.4 is 22.3 Å². The van der Waals surface area contributed by atoms with Gasteiger partial charge in [0, 0.05) is 22.2 Å². The Morgan fingerprint density at radius 2 is 1.87 bits per heavy atom. The molecular weight excluding hydrogens is 582 g/mol. The van der Waals surface area contributed by atoms with E-state index in [1.165, 1.54) is 0 Å². The van der Waals surface area contributed by atoms with Crippen LogP contribution in [0.5, 0.6) is 0 Å². The van der Waals surface area contributed by atoms with Gasteiger partial charge in [-0.05, 0) is 42.3 Å². The van der Waals surface area contributed by atoms with E-state index in [0.29, 0.717) is 29.2 Å². The highest BCUT2D eigenvalue weighted by molar-refractivity contribution is 5.97. The van der Waals surface area contributed by atoms with Crippen molar-refractivity contribution in [2.75, 3.05) is 5.32 Å². The molecule has 2 aliphatic rings. The minimum Gasteiger partial charge on any atom is -0.457 e. The van der Waals surface area contributed by atoms with Crippen LogP contribution >= 0.6 is 0 Å². The van der Waals surface area contributed by atoms with Gasteiger partial charge in [0.1, 0.15) is 13.2 Å². The zero-order valence-electron chi connectivity index (χ0n) is 24.2. The molecule has 0 aliphatic carbocycles. The molecule has 230 valence electrons. The summed E-state index contributed by atoms with van der Waals surface area (Å²) in [5.74, 6) is -2.08. The van der Waals surface area contributed by atoms with Gasteiger partial charge in [0.15, 0.2) is 0 Å². The van der Waals surface area contributed by atoms with Crippen molar-refractivity contribution in [2.45, 2.75) is 51.2 Å². The number of nitrogens with two attached hydrogens (primary N) is 2. The van der Waals surface area contributed by atoms with E-state index in [1.807, 2.05) is 30.3 Å². The maximum Gasteiger partial charge on any atom is 0.510 e. The van der Waals surface area contributed by atoms with Crippen molar-refractivity contribution in [1.82, 2.24) is 9.55 Å². The van der Waals surface area contributed by atoms with Gasteiger partial charge in [-0.3, -0.25) is 14.4 Å². The summed E-state index contributed by atoms with van der Waals surface area (Å²) < 4.78 is 18.0. The lowest BCUT2D eigenvalue weighted by atomic mass is 9.85. The molecule has 13 heteroatoms. The molecule has 0 saturated carbocycles. The second-order valence-corrected chi connectivity index (χ2v) is 10.9. The maximum absolute atomic E-state index is 13.7. The van der Waals surface area contributed by atoms with Crippen molar-refractivity contribution in [3.63, 3.8) is 0 Å². The number of pyridine rings is 2. The number of amides is 2. The Bertz CT molecular complexity index is 1940. The summed E-state index contributed by atoms with van der Waals surface area (Å²) in [6.45, 7) is 1.49. The van der Waals surface area contributed by atoms with E-state index in [1.54, 1.807) is 41.8 Å². The van der Waals surface area contributed by atoms with E-state index in [0.717, 1.165) is 16.5 Å². The van der Waals surface area contributed by atoms with Crippen LogP contribution in [0.4, 0.5) is 10.5 Å². The van der Waals surface area contributed by atoms with Crippen LogP contribution in [0.3, 0.4) is 0 Å². The van der Waals surface area contributed by atoms with Gasteiger partial charge in [-0.15, -0.1) is 0 Å². The number of esters is 1. The Balaban J connectivity index is 1.21. The lowest BCUT2D eigenvalue weighted by Crippen LogP contribution is -2.47. The third kappa shape index (κ3) is 5.38. The molecule has 2 amide bonds. The number of primary amides is 1. The van der Waals surface area contributed by atoms with Gasteiger partial charge in [-0.25, -0.2) is 14.6 Å². The molecule has 0 saturated heterocycles.